The van der Waals surface area contributed by atoms with E-state index < -0.39 is 5.50 Å². The maximum atomic E-state index is 6.10. The number of fused-ring (bicyclic) bond motifs is 3. The molecule has 0 amide bonds. The van der Waals surface area contributed by atoms with Gasteiger partial charge in [-0.05, 0) is 23.8 Å². The average Bonchev–Trinajstić information content (AvgIpc) is 2.47. The first-order valence-electron chi connectivity index (χ1n) is 7.71. The first-order chi connectivity index (χ1) is 9.98. The summed E-state index contributed by atoms with van der Waals surface area (Å²) in [6, 6.07) is 10.6. The lowest BCUT2D eigenvalue weighted by molar-refractivity contribution is 0.227. The van der Waals surface area contributed by atoms with E-state index in [9.17, 15) is 0 Å². The van der Waals surface area contributed by atoms with Crippen LogP contribution in [0.3, 0.4) is 0 Å². The molecule has 0 aliphatic carbocycles. The SMILES string of the molecule is CC.[B]C1(C)C=Cc2c(C(C)C)cc3ccccc3c2O1. The molecule has 0 fully saturated rings. The molecule has 2 radical (unpaired) electrons. The Kier molecular flexibility index (Phi) is 4.46. The Morgan fingerprint density at radius 1 is 1.14 bits per heavy atom. The van der Waals surface area contributed by atoms with E-state index in [1.54, 1.807) is 0 Å². The molecule has 0 N–H and O–H groups in total. The van der Waals surface area contributed by atoms with Crippen molar-refractivity contribution in [2.75, 3.05) is 0 Å². The Bertz CT molecular complexity index is 669. The molecule has 2 aromatic rings. The van der Waals surface area contributed by atoms with E-state index in [0.717, 1.165) is 16.7 Å². The summed E-state index contributed by atoms with van der Waals surface area (Å²) in [5, 5.41) is 2.33. The molecule has 21 heavy (non-hydrogen) atoms. The highest BCUT2D eigenvalue weighted by molar-refractivity contribution is 6.17. The van der Waals surface area contributed by atoms with Gasteiger partial charge >= 0.3 is 0 Å². The molecular formula is C19H23BO. The molecule has 0 spiro atoms. The lowest BCUT2D eigenvalue weighted by Crippen LogP contribution is -2.32. The summed E-state index contributed by atoms with van der Waals surface area (Å²) in [5.41, 5.74) is 1.74. The highest BCUT2D eigenvalue weighted by atomic mass is 16.5. The van der Waals surface area contributed by atoms with Crippen LogP contribution in [0.5, 0.6) is 5.75 Å². The molecule has 1 unspecified atom stereocenters. The van der Waals surface area contributed by atoms with Crippen LogP contribution in [0.2, 0.25) is 0 Å². The molecule has 3 rings (SSSR count). The van der Waals surface area contributed by atoms with Gasteiger partial charge in [-0.15, -0.1) is 0 Å². The van der Waals surface area contributed by atoms with E-state index >= 15 is 0 Å². The number of rotatable bonds is 1. The van der Waals surface area contributed by atoms with Crippen LogP contribution >= 0.6 is 0 Å². The normalized spacial score (nSPS) is 19.7. The molecule has 2 aromatic carbocycles. The third-order valence-corrected chi connectivity index (χ3v) is 3.60. The predicted octanol–water partition coefficient (Wildman–Crippen LogP) is 5.28. The zero-order chi connectivity index (χ0) is 15.6. The van der Waals surface area contributed by atoms with Crippen molar-refractivity contribution in [1.82, 2.24) is 0 Å². The van der Waals surface area contributed by atoms with Crippen molar-refractivity contribution in [3.05, 3.63) is 47.5 Å². The van der Waals surface area contributed by atoms with E-state index in [-0.39, 0.29) is 0 Å². The van der Waals surface area contributed by atoms with Crippen molar-refractivity contribution in [1.29, 1.82) is 0 Å². The fraction of sp³-hybridized carbons (Fsp3) is 0.368. The van der Waals surface area contributed by atoms with Gasteiger partial charge in [0.15, 0.2) is 0 Å². The van der Waals surface area contributed by atoms with Gasteiger partial charge in [-0.1, -0.05) is 70.2 Å². The van der Waals surface area contributed by atoms with Gasteiger partial charge in [-0.25, -0.2) is 0 Å². The van der Waals surface area contributed by atoms with Gasteiger partial charge in [-0.2, -0.15) is 0 Å². The fourth-order valence-electron chi connectivity index (χ4n) is 2.61. The van der Waals surface area contributed by atoms with Gasteiger partial charge in [-0.3, -0.25) is 0 Å². The molecular weight excluding hydrogens is 255 g/mol. The maximum absolute atomic E-state index is 6.10. The van der Waals surface area contributed by atoms with Gasteiger partial charge < -0.3 is 4.74 Å². The minimum Gasteiger partial charge on any atom is -0.492 e. The molecule has 1 heterocycles. The highest BCUT2D eigenvalue weighted by Gasteiger charge is 2.25. The van der Waals surface area contributed by atoms with Crippen LogP contribution in [0.25, 0.3) is 16.8 Å². The number of benzene rings is 2. The van der Waals surface area contributed by atoms with E-state index in [4.69, 9.17) is 12.6 Å². The lowest BCUT2D eigenvalue weighted by Gasteiger charge is -2.31. The minimum atomic E-state index is -0.731. The third-order valence-electron chi connectivity index (χ3n) is 3.60. The molecule has 1 aliphatic heterocycles. The van der Waals surface area contributed by atoms with Gasteiger partial charge in [0.2, 0.25) is 0 Å². The minimum absolute atomic E-state index is 0.453. The summed E-state index contributed by atoms with van der Waals surface area (Å²) in [6.07, 6.45) is 4.02. The topological polar surface area (TPSA) is 9.23 Å². The van der Waals surface area contributed by atoms with Crippen molar-refractivity contribution >= 4 is 24.7 Å². The number of hydrogen-bond donors (Lipinski definition) is 0. The summed E-state index contributed by atoms with van der Waals surface area (Å²) >= 11 is 0. The van der Waals surface area contributed by atoms with Crippen LogP contribution in [-0.4, -0.2) is 13.3 Å². The highest BCUT2D eigenvalue weighted by Crippen LogP contribution is 2.41. The Balaban J connectivity index is 0.000000774. The van der Waals surface area contributed by atoms with Crippen molar-refractivity contribution in [3.63, 3.8) is 0 Å². The summed E-state index contributed by atoms with van der Waals surface area (Å²) < 4.78 is 6.01. The van der Waals surface area contributed by atoms with Crippen molar-refractivity contribution in [2.45, 2.75) is 46.0 Å². The van der Waals surface area contributed by atoms with Gasteiger partial charge in [0.1, 0.15) is 13.6 Å². The second-order valence-corrected chi connectivity index (χ2v) is 5.70. The van der Waals surface area contributed by atoms with Crippen LogP contribution in [0.4, 0.5) is 0 Å². The summed E-state index contributed by atoms with van der Waals surface area (Å²) in [4.78, 5) is 0. The van der Waals surface area contributed by atoms with Gasteiger partial charge in [0.25, 0.3) is 0 Å². The summed E-state index contributed by atoms with van der Waals surface area (Å²) in [6.45, 7) is 10.3. The van der Waals surface area contributed by atoms with Gasteiger partial charge in [0, 0.05) is 10.9 Å². The molecule has 2 heteroatoms. The van der Waals surface area contributed by atoms with Crippen LogP contribution < -0.4 is 4.74 Å². The molecule has 0 bridgehead atoms. The van der Waals surface area contributed by atoms with Gasteiger partial charge in [0.05, 0.1) is 5.50 Å². The van der Waals surface area contributed by atoms with Crippen LogP contribution in [-0.2, 0) is 0 Å². The molecule has 0 saturated carbocycles. The zero-order valence-corrected chi connectivity index (χ0v) is 13.6. The third kappa shape index (κ3) is 3.00. The second-order valence-electron chi connectivity index (χ2n) is 5.70. The van der Waals surface area contributed by atoms with E-state index in [2.05, 4.69) is 44.2 Å². The number of hydrogen-bond acceptors (Lipinski definition) is 1. The summed E-state index contributed by atoms with van der Waals surface area (Å²) in [7, 11) is 6.10. The Morgan fingerprint density at radius 2 is 1.81 bits per heavy atom. The summed E-state index contributed by atoms with van der Waals surface area (Å²) in [5.74, 6) is 1.36. The molecule has 0 saturated heterocycles. The van der Waals surface area contributed by atoms with Crippen LogP contribution in [0, 0.1) is 0 Å². The zero-order valence-electron chi connectivity index (χ0n) is 13.6. The molecule has 1 atom stereocenters. The van der Waals surface area contributed by atoms with Crippen LogP contribution in [0.1, 0.15) is 51.7 Å². The van der Waals surface area contributed by atoms with E-state index in [1.165, 1.54) is 10.9 Å². The quantitative estimate of drug-likeness (QED) is 0.645. The largest absolute Gasteiger partial charge is 0.492 e. The van der Waals surface area contributed by atoms with Crippen LogP contribution in [0.15, 0.2) is 36.4 Å². The Labute approximate surface area is 129 Å². The smallest absolute Gasteiger partial charge is 0.137 e. The standard InChI is InChI=1S/C17H17BO.C2H6/c1-11(2)15-10-12-6-4-5-7-13(12)16-14(15)8-9-17(3,18)19-16;1-2/h4-11H,1-3H3;1-2H3. The molecule has 1 aliphatic rings. The average molecular weight is 278 g/mol. The molecule has 108 valence electrons. The Morgan fingerprint density at radius 3 is 2.48 bits per heavy atom. The van der Waals surface area contributed by atoms with E-state index in [1.807, 2.05) is 32.9 Å². The molecule has 0 aromatic heterocycles. The monoisotopic (exact) mass is 278 g/mol. The second kappa shape index (κ2) is 5.97. The molecule has 1 nitrogen and oxygen atoms in total. The first-order valence-corrected chi connectivity index (χ1v) is 7.71. The fourth-order valence-corrected chi connectivity index (χ4v) is 2.61. The predicted molar refractivity (Wildman–Crippen MR) is 93.2 cm³/mol. The van der Waals surface area contributed by atoms with Crippen molar-refractivity contribution in [3.8, 4) is 5.75 Å². The first kappa shape index (κ1) is 15.7. The maximum Gasteiger partial charge on any atom is 0.137 e. The van der Waals surface area contributed by atoms with E-state index in [0.29, 0.717) is 5.92 Å². The number of ether oxygens (including phenoxy) is 1. The van der Waals surface area contributed by atoms with Crippen molar-refractivity contribution < 1.29 is 4.74 Å². The lowest BCUT2D eigenvalue weighted by atomic mass is 9.79. The Hall–Kier alpha value is -1.70. The van der Waals surface area contributed by atoms with Crippen molar-refractivity contribution in [2.24, 2.45) is 0 Å².